The quantitative estimate of drug-likeness (QED) is 0.647. The number of nitrogens with one attached hydrogen (secondary N) is 1. The van der Waals surface area contributed by atoms with Crippen LogP contribution in [-0.2, 0) is 10.3 Å². The minimum absolute atomic E-state index is 0.288. The molecule has 0 atom stereocenters. The Bertz CT molecular complexity index is 974. The second-order valence-electron chi connectivity index (χ2n) is 8.00. The van der Waals surface area contributed by atoms with Gasteiger partial charge in [-0.05, 0) is 44.4 Å². The third-order valence-electron chi connectivity index (χ3n) is 5.35. The Morgan fingerprint density at radius 3 is 1.55 bits per heavy atom. The summed E-state index contributed by atoms with van der Waals surface area (Å²) in [5, 5.41) is 2.75. The molecule has 0 aliphatic carbocycles. The summed E-state index contributed by atoms with van der Waals surface area (Å²) < 4.78 is 6.13. The van der Waals surface area contributed by atoms with E-state index < -0.39 is 5.60 Å². The summed E-state index contributed by atoms with van der Waals surface area (Å²) in [6.45, 7) is 0. The molecule has 0 spiro atoms. The lowest BCUT2D eigenvalue weighted by molar-refractivity contribution is 0.0251. The van der Waals surface area contributed by atoms with Gasteiger partial charge in [0.1, 0.15) is 0 Å². The Kier molecular flexibility index (Phi) is 6.66. The summed E-state index contributed by atoms with van der Waals surface area (Å²) in [7, 11) is 11.8. The third kappa shape index (κ3) is 4.14. The smallest absolute Gasteiger partial charge is 0.340 e. The highest BCUT2D eigenvalue weighted by molar-refractivity contribution is 5.96. The fourth-order valence-electron chi connectivity index (χ4n) is 3.80. The second-order valence-corrected chi connectivity index (χ2v) is 8.00. The molecule has 0 saturated heterocycles. The fraction of sp³-hybridized carbons (Fsp3) is 0.269. The number of nitrogens with zero attached hydrogens (tertiary/aromatic N) is 2. The highest BCUT2D eigenvalue weighted by Crippen LogP contribution is 2.47. The predicted octanol–water partition coefficient (Wildman–Crippen LogP) is 4.12. The first-order chi connectivity index (χ1) is 14.8. The van der Waals surface area contributed by atoms with Crippen LogP contribution in [0.15, 0.2) is 72.8 Å². The summed E-state index contributed by atoms with van der Waals surface area (Å²) in [6.07, 6.45) is 0. The number of anilines is 2. The molecular formula is C26H31N3O2. The van der Waals surface area contributed by atoms with Crippen LogP contribution >= 0.6 is 0 Å². The molecule has 0 bridgehead atoms. The molecule has 0 saturated carbocycles. The van der Waals surface area contributed by atoms with E-state index in [-0.39, 0.29) is 5.97 Å². The van der Waals surface area contributed by atoms with Gasteiger partial charge in [0.25, 0.3) is 0 Å². The Hall–Kier alpha value is -3.31. The van der Waals surface area contributed by atoms with Gasteiger partial charge in [-0.3, -0.25) is 0 Å². The number of esters is 1. The second kappa shape index (κ2) is 9.23. The van der Waals surface area contributed by atoms with Crippen molar-refractivity contribution in [3.63, 3.8) is 0 Å². The van der Waals surface area contributed by atoms with Crippen LogP contribution in [0, 0.1) is 0 Å². The molecule has 1 heterocycles. The van der Waals surface area contributed by atoms with E-state index >= 15 is 0 Å². The largest absolute Gasteiger partial charge is 0.441 e. The molecule has 1 N–H and O–H groups in total. The van der Waals surface area contributed by atoms with Crippen molar-refractivity contribution in [2.24, 2.45) is 0 Å². The van der Waals surface area contributed by atoms with Crippen molar-refractivity contribution in [2.45, 2.75) is 5.60 Å². The lowest BCUT2D eigenvalue weighted by Crippen LogP contribution is -2.29. The van der Waals surface area contributed by atoms with Gasteiger partial charge in [-0.1, -0.05) is 42.5 Å². The van der Waals surface area contributed by atoms with Crippen molar-refractivity contribution in [2.75, 3.05) is 52.1 Å². The van der Waals surface area contributed by atoms with E-state index in [1.54, 1.807) is 0 Å². The van der Waals surface area contributed by atoms with E-state index in [2.05, 4.69) is 39.4 Å². The van der Waals surface area contributed by atoms with Crippen molar-refractivity contribution >= 4 is 17.3 Å². The fourth-order valence-corrected chi connectivity index (χ4v) is 3.80. The molecular weight excluding hydrogens is 386 g/mol. The van der Waals surface area contributed by atoms with Gasteiger partial charge in [0.15, 0.2) is 5.60 Å². The highest BCUT2D eigenvalue weighted by atomic mass is 16.6. The van der Waals surface area contributed by atoms with Gasteiger partial charge in [0, 0.05) is 56.3 Å². The van der Waals surface area contributed by atoms with Crippen LogP contribution in [-0.4, -0.2) is 48.3 Å². The van der Waals surface area contributed by atoms with E-state index in [0.717, 1.165) is 28.1 Å². The number of carbonyl (C=O) groups is 1. The van der Waals surface area contributed by atoms with Crippen molar-refractivity contribution < 1.29 is 9.53 Å². The summed E-state index contributed by atoms with van der Waals surface area (Å²) in [4.78, 5) is 16.8. The van der Waals surface area contributed by atoms with Gasteiger partial charge in [-0.25, -0.2) is 4.79 Å². The van der Waals surface area contributed by atoms with Crippen molar-refractivity contribution in [1.82, 2.24) is 5.32 Å². The van der Waals surface area contributed by atoms with Crippen molar-refractivity contribution in [1.29, 1.82) is 0 Å². The van der Waals surface area contributed by atoms with Gasteiger partial charge in [-0.15, -0.1) is 0 Å². The van der Waals surface area contributed by atoms with Crippen LogP contribution in [0.2, 0.25) is 0 Å². The Labute approximate surface area is 185 Å². The van der Waals surface area contributed by atoms with E-state index in [9.17, 15) is 4.79 Å². The normalized spacial score (nSPS) is 13.5. The van der Waals surface area contributed by atoms with Crippen molar-refractivity contribution in [3.8, 4) is 0 Å². The number of cyclic esters (lactones) is 1. The van der Waals surface area contributed by atoms with Gasteiger partial charge in [-0.2, -0.15) is 0 Å². The van der Waals surface area contributed by atoms with Gasteiger partial charge in [0.2, 0.25) is 0 Å². The molecule has 4 rings (SSSR count). The van der Waals surface area contributed by atoms with Crippen LogP contribution in [0.3, 0.4) is 0 Å². The maximum Gasteiger partial charge on any atom is 0.340 e. The first kappa shape index (κ1) is 22.4. The Balaban J connectivity index is 0.000000858. The molecule has 0 aromatic heterocycles. The van der Waals surface area contributed by atoms with E-state index in [4.69, 9.17) is 4.74 Å². The Morgan fingerprint density at radius 2 is 1.13 bits per heavy atom. The molecule has 3 aromatic rings. The monoisotopic (exact) mass is 417 g/mol. The summed E-state index contributed by atoms with van der Waals surface area (Å²) in [5.74, 6) is -0.288. The Morgan fingerprint density at radius 1 is 0.710 bits per heavy atom. The van der Waals surface area contributed by atoms with E-state index in [1.807, 2.05) is 90.8 Å². The maximum absolute atomic E-state index is 12.7. The first-order valence-electron chi connectivity index (χ1n) is 10.3. The molecule has 0 radical (unpaired) electrons. The first-order valence-corrected chi connectivity index (χ1v) is 10.3. The highest BCUT2D eigenvalue weighted by Gasteiger charge is 2.48. The van der Waals surface area contributed by atoms with Gasteiger partial charge in [0.05, 0.1) is 5.56 Å². The average Bonchev–Trinajstić information content (AvgIpc) is 3.08. The van der Waals surface area contributed by atoms with Crippen LogP contribution in [0.1, 0.15) is 27.0 Å². The van der Waals surface area contributed by atoms with Crippen molar-refractivity contribution in [3.05, 3.63) is 95.1 Å². The molecule has 5 nitrogen and oxygen atoms in total. The molecule has 3 aromatic carbocycles. The molecule has 0 amide bonds. The molecule has 1 aliphatic heterocycles. The minimum Gasteiger partial charge on any atom is -0.441 e. The van der Waals surface area contributed by atoms with Crippen LogP contribution in [0.25, 0.3) is 0 Å². The number of benzene rings is 3. The summed E-state index contributed by atoms with van der Waals surface area (Å²) >= 11 is 0. The zero-order valence-corrected chi connectivity index (χ0v) is 19.1. The number of ether oxygens (including phenoxy) is 1. The predicted molar refractivity (Wildman–Crippen MR) is 128 cm³/mol. The number of rotatable bonds is 4. The number of fused-ring (bicyclic) bond motifs is 1. The molecule has 1 aliphatic rings. The van der Waals surface area contributed by atoms with Gasteiger partial charge >= 0.3 is 5.97 Å². The number of hydrogen-bond donors (Lipinski definition) is 1. The minimum atomic E-state index is -0.941. The van der Waals surface area contributed by atoms with Gasteiger partial charge < -0.3 is 19.9 Å². The number of hydrogen-bond acceptors (Lipinski definition) is 5. The molecule has 162 valence electrons. The molecule has 5 heteroatoms. The maximum atomic E-state index is 12.7. The molecule has 0 unspecified atom stereocenters. The number of carbonyl (C=O) groups excluding carboxylic acids is 1. The average molecular weight is 418 g/mol. The topological polar surface area (TPSA) is 44.8 Å². The zero-order valence-electron chi connectivity index (χ0n) is 19.1. The van der Waals surface area contributed by atoms with Crippen LogP contribution in [0.4, 0.5) is 11.4 Å². The zero-order chi connectivity index (χ0) is 22.6. The SMILES string of the molecule is CN(C)c1ccc(C2(c3ccc(N(C)C)cc3)OC(=O)c3ccccc32)cc1.CNC. The molecule has 31 heavy (non-hydrogen) atoms. The third-order valence-corrected chi connectivity index (χ3v) is 5.35. The van der Waals surface area contributed by atoms with Crippen LogP contribution < -0.4 is 15.1 Å². The van der Waals surface area contributed by atoms with Crippen LogP contribution in [0.5, 0.6) is 0 Å². The summed E-state index contributed by atoms with van der Waals surface area (Å²) in [6, 6.07) is 24.1. The summed E-state index contributed by atoms with van der Waals surface area (Å²) in [5.41, 5.74) is 4.64. The van der Waals surface area contributed by atoms with E-state index in [0.29, 0.717) is 5.56 Å². The van der Waals surface area contributed by atoms with E-state index in [1.165, 1.54) is 0 Å². The standard InChI is InChI=1S/C24H24N2O2.C2H7N/c1-25(2)19-13-9-17(10-14-19)24(18-11-15-20(16-12-18)26(3)4)22-8-6-5-7-21(22)23(27)28-24;1-3-2/h5-16H,1-4H3;3H,1-2H3. The lowest BCUT2D eigenvalue weighted by Gasteiger charge is -2.31. The molecule has 0 fully saturated rings. The lowest BCUT2D eigenvalue weighted by atomic mass is 9.80.